The number of carbonyl (C=O) groups excluding carboxylic acids is 1. The summed E-state index contributed by atoms with van der Waals surface area (Å²) in [7, 11) is 0. The zero-order chi connectivity index (χ0) is 19.9. The van der Waals surface area contributed by atoms with Crippen molar-refractivity contribution in [1.82, 2.24) is 10.2 Å². The van der Waals surface area contributed by atoms with Crippen LogP contribution in [0.1, 0.15) is 47.7 Å². The molecule has 0 spiro atoms. The second-order valence-electron chi connectivity index (χ2n) is 6.82. The standard InChI is InChI=1S/C22H25N3O3/c1-4-5-6-11-27-19-9-7-17(8-10-19)20(26)23-22-25-24-21(28-22)18-13-15(2)12-16(3)14-18/h7-10,12-14H,4-6,11H2,1-3H3,(H,23,25,26). The fourth-order valence-electron chi connectivity index (χ4n) is 2.90. The van der Waals surface area contributed by atoms with Gasteiger partial charge in [-0.25, -0.2) is 0 Å². The molecule has 0 aliphatic heterocycles. The van der Waals surface area contributed by atoms with Crippen molar-refractivity contribution in [3.63, 3.8) is 0 Å². The molecule has 6 nitrogen and oxygen atoms in total. The van der Waals surface area contributed by atoms with E-state index in [1.165, 1.54) is 0 Å². The molecule has 0 aliphatic carbocycles. The van der Waals surface area contributed by atoms with Gasteiger partial charge < -0.3 is 9.15 Å². The molecule has 2 aromatic carbocycles. The molecule has 6 heteroatoms. The van der Waals surface area contributed by atoms with E-state index in [-0.39, 0.29) is 11.9 Å². The van der Waals surface area contributed by atoms with Crippen LogP contribution in [0.5, 0.6) is 5.75 Å². The van der Waals surface area contributed by atoms with Gasteiger partial charge in [0.15, 0.2) is 0 Å². The van der Waals surface area contributed by atoms with Gasteiger partial charge in [-0.3, -0.25) is 10.1 Å². The maximum absolute atomic E-state index is 12.4. The predicted octanol–water partition coefficient (Wildman–Crippen LogP) is 5.17. The first-order valence-corrected chi connectivity index (χ1v) is 9.51. The number of hydrogen-bond donors (Lipinski definition) is 1. The molecule has 0 saturated heterocycles. The molecule has 0 bridgehead atoms. The smallest absolute Gasteiger partial charge is 0.322 e. The number of rotatable bonds is 8. The molecule has 0 aliphatic rings. The lowest BCUT2D eigenvalue weighted by atomic mass is 10.1. The van der Waals surface area contributed by atoms with Gasteiger partial charge in [-0.05, 0) is 56.7 Å². The van der Waals surface area contributed by atoms with Crippen LogP contribution in [0.2, 0.25) is 0 Å². The Labute approximate surface area is 164 Å². The number of aromatic nitrogens is 2. The third-order valence-electron chi connectivity index (χ3n) is 4.25. The monoisotopic (exact) mass is 379 g/mol. The van der Waals surface area contributed by atoms with Crippen LogP contribution in [0.4, 0.5) is 6.01 Å². The average Bonchev–Trinajstić information content (AvgIpc) is 3.13. The second-order valence-corrected chi connectivity index (χ2v) is 6.82. The summed E-state index contributed by atoms with van der Waals surface area (Å²) in [6.45, 7) is 6.85. The number of benzene rings is 2. The zero-order valence-corrected chi connectivity index (χ0v) is 16.5. The van der Waals surface area contributed by atoms with Crippen LogP contribution in [0, 0.1) is 13.8 Å². The second kappa shape index (κ2) is 9.17. The molecule has 1 amide bonds. The highest BCUT2D eigenvalue weighted by atomic mass is 16.5. The van der Waals surface area contributed by atoms with Crippen molar-refractivity contribution < 1.29 is 13.9 Å². The Balaban J connectivity index is 1.61. The fraction of sp³-hybridized carbons (Fsp3) is 0.318. The van der Waals surface area contributed by atoms with E-state index >= 15 is 0 Å². The van der Waals surface area contributed by atoms with Gasteiger partial charge >= 0.3 is 6.01 Å². The van der Waals surface area contributed by atoms with Gasteiger partial charge in [-0.1, -0.05) is 42.1 Å². The number of aryl methyl sites for hydroxylation is 2. The van der Waals surface area contributed by atoms with Crippen LogP contribution in [0.15, 0.2) is 46.9 Å². The molecule has 3 aromatic rings. The molecule has 0 radical (unpaired) electrons. The molecule has 146 valence electrons. The minimum Gasteiger partial charge on any atom is -0.494 e. The van der Waals surface area contributed by atoms with Crippen LogP contribution in [0.25, 0.3) is 11.5 Å². The lowest BCUT2D eigenvalue weighted by molar-refractivity contribution is 0.102. The molecular formula is C22H25N3O3. The summed E-state index contributed by atoms with van der Waals surface area (Å²) in [5, 5.41) is 10.6. The van der Waals surface area contributed by atoms with Gasteiger partial charge in [0.1, 0.15) is 5.75 Å². The lowest BCUT2D eigenvalue weighted by Gasteiger charge is -2.06. The van der Waals surface area contributed by atoms with Gasteiger partial charge in [0.05, 0.1) is 6.61 Å². The van der Waals surface area contributed by atoms with E-state index in [9.17, 15) is 4.79 Å². The van der Waals surface area contributed by atoms with Gasteiger partial charge in [0, 0.05) is 11.1 Å². The SMILES string of the molecule is CCCCCOc1ccc(C(=O)Nc2nnc(-c3cc(C)cc(C)c3)o2)cc1. The topological polar surface area (TPSA) is 77.2 Å². The molecule has 0 unspecified atom stereocenters. The fourth-order valence-corrected chi connectivity index (χ4v) is 2.90. The largest absolute Gasteiger partial charge is 0.494 e. The van der Waals surface area contributed by atoms with E-state index in [0.29, 0.717) is 18.1 Å². The average molecular weight is 379 g/mol. The van der Waals surface area contributed by atoms with Crippen molar-refractivity contribution in [2.24, 2.45) is 0 Å². The molecule has 3 rings (SSSR count). The van der Waals surface area contributed by atoms with Crippen LogP contribution in [-0.4, -0.2) is 22.7 Å². The van der Waals surface area contributed by atoms with Crippen molar-refractivity contribution in [2.45, 2.75) is 40.0 Å². The number of carbonyl (C=O) groups is 1. The van der Waals surface area contributed by atoms with Crippen molar-refractivity contribution in [3.05, 3.63) is 59.2 Å². The van der Waals surface area contributed by atoms with Gasteiger partial charge in [-0.2, -0.15) is 0 Å². The van der Waals surface area contributed by atoms with E-state index < -0.39 is 0 Å². The van der Waals surface area contributed by atoms with Crippen LogP contribution in [-0.2, 0) is 0 Å². The summed E-state index contributed by atoms with van der Waals surface area (Å²) < 4.78 is 11.3. The summed E-state index contributed by atoms with van der Waals surface area (Å²) in [4.78, 5) is 12.4. The number of hydrogen-bond acceptors (Lipinski definition) is 5. The quantitative estimate of drug-likeness (QED) is 0.546. The van der Waals surface area contributed by atoms with Crippen molar-refractivity contribution >= 4 is 11.9 Å². The molecule has 1 N–H and O–H groups in total. The number of unbranched alkanes of at least 4 members (excludes halogenated alkanes) is 2. The van der Waals surface area contributed by atoms with E-state index in [1.807, 2.05) is 26.0 Å². The summed E-state index contributed by atoms with van der Waals surface area (Å²) in [6, 6.07) is 13.1. The third-order valence-corrected chi connectivity index (χ3v) is 4.25. The number of nitrogens with zero attached hydrogens (tertiary/aromatic N) is 2. The first-order chi connectivity index (χ1) is 13.5. The summed E-state index contributed by atoms with van der Waals surface area (Å²) in [5.74, 6) is 0.814. The minimum absolute atomic E-state index is 0.0686. The third kappa shape index (κ3) is 5.19. The highest BCUT2D eigenvalue weighted by Gasteiger charge is 2.13. The molecule has 0 atom stereocenters. The van der Waals surface area contributed by atoms with E-state index in [1.54, 1.807) is 24.3 Å². The summed E-state index contributed by atoms with van der Waals surface area (Å²) >= 11 is 0. The Bertz CT molecular complexity index is 912. The van der Waals surface area contributed by atoms with Gasteiger partial charge in [0.2, 0.25) is 5.89 Å². The van der Waals surface area contributed by atoms with Crippen molar-refractivity contribution in [1.29, 1.82) is 0 Å². The minimum atomic E-state index is -0.312. The number of amides is 1. The van der Waals surface area contributed by atoms with Crippen molar-refractivity contribution in [3.8, 4) is 17.2 Å². The van der Waals surface area contributed by atoms with E-state index in [2.05, 4.69) is 28.5 Å². The zero-order valence-electron chi connectivity index (χ0n) is 16.5. The Morgan fingerprint density at radius 3 is 2.43 bits per heavy atom. The normalized spacial score (nSPS) is 10.7. The van der Waals surface area contributed by atoms with Crippen molar-refractivity contribution in [2.75, 3.05) is 11.9 Å². The Morgan fingerprint density at radius 1 is 1.04 bits per heavy atom. The van der Waals surface area contributed by atoms with E-state index in [4.69, 9.17) is 9.15 Å². The highest BCUT2D eigenvalue weighted by molar-refractivity contribution is 6.03. The number of anilines is 1. The van der Waals surface area contributed by atoms with Crippen LogP contribution in [0.3, 0.4) is 0 Å². The summed E-state index contributed by atoms with van der Waals surface area (Å²) in [5.41, 5.74) is 3.54. The molecule has 0 fully saturated rings. The Morgan fingerprint density at radius 2 is 1.75 bits per heavy atom. The number of ether oxygens (including phenoxy) is 1. The molecule has 1 aromatic heterocycles. The van der Waals surface area contributed by atoms with Crippen LogP contribution < -0.4 is 10.1 Å². The van der Waals surface area contributed by atoms with E-state index in [0.717, 1.165) is 41.7 Å². The van der Waals surface area contributed by atoms with Gasteiger partial charge in [-0.15, -0.1) is 5.10 Å². The Hall–Kier alpha value is -3.15. The maximum Gasteiger partial charge on any atom is 0.322 e. The highest BCUT2D eigenvalue weighted by Crippen LogP contribution is 2.23. The first kappa shape index (κ1) is 19.6. The molecule has 1 heterocycles. The first-order valence-electron chi connectivity index (χ1n) is 9.51. The molecule has 28 heavy (non-hydrogen) atoms. The number of nitrogens with one attached hydrogen (secondary N) is 1. The molecule has 0 saturated carbocycles. The maximum atomic E-state index is 12.4. The predicted molar refractivity (Wildman–Crippen MR) is 109 cm³/mol. The summed E-state index contributed by atoms with van der Waals surface area (Å²) in [6.07, 6.45) is 3.33. The van der Waals surface area contributed by atoms with Gasteiger partial charge in [0.25, 0.3) is 5.91 Å². The Kier molecular flexibility index (Phi) is 6.42. The molecular weight excluding hydrogens is 354 g/mol. The van der Waals surface area contributed by atoms with Crippen LogP contribution >= 0.6 is 0 Å². The lowest BCUT2D eigenvalue weighted by Crippen LogP contribution is -2.12.